The molecule has 2 aromatic heterocycles. The van der Waals surface area contributed by atoms with E-state index in [0.29, 0.717) is 17.7 Å². The van der Waals surface area contributed by atoms with Crippen LogP contribution in [0.4, 0.5) is 5.69 Å². The molecule has 6 nitrogen and oxygen atoms in total. The minimum atomic E-state index is -0.373. The number of carbonyl (C=O) groups is 2. The van der Waals surface area contributed by atoms with Crippen LogP contribution in [0.2, 0.25) is 0 Å². The van der Waals surface area contributed by atoms with E-state index in [1.54, 1.807) is 17.0 Å². The minimum absolute atomic E-state index is 0.0502. The van der Waals surface area contributed by atoms with E-state index in [0.717, 1.165) is 10.9 Å². The second-order valence-corrected chi connectivity index (χ2v) is 6.24. The molecule has 3 aromatic rings. The summed E-state index contributed by atoms with van der Waals surface area (Å²) in [6, 6.07) is 6.99. The summed E-state index contributed by atoms with van der Waals surface area (Å²) in [5, 5.41) is 3.37. The van der Waals surface area contributed by atoms with Crippen LogP contribution < -0.4 is 10.7 Å². The first kappa shape index (κ1) is 17.7. The van der Waals surface area contributed by atoms with Crippen molar-refractivity contribution >= 4 is 28.3 Å². The smallest absolute Gasteiger partial charge is 0.229 e. The van der Waals surface area contributed by atoms with Gasteiger partial charge in [-0.05, 0) is 25.5 Å². The predicted octanol–water partition coefficient (Wildman–Crippen LogP) is 3.31. The van der Waals surface area contributed by atoms with E-state index in [9.17, 15) is 14.4 Å². The second kappa shape index (κ2) is 7.00. The standard InChI is InChI=1S/C20H20N2O4/c1-4-22-8-7-17(24)16(11-22)21-19(25)10-15-14-6-5-12(2)9-18(14)26-20(15)13(3)23/h5-9,11H,4,10H2,1-3H3,(H,21,25). The number of pyridine rings is 1. The fourth-order valence-electron chi connectivity index (χ4n) is 2.89. The number of aryl methyl sites for hydroxylation is 2. The van der Waals surface area contributed by atoms with Crippen LogP contribution >= 0.6 is 0 Å². The zero-order chi connectivity index (χ0) is 18.8. The molecule has 1 N–H and O–H groups in total. The molecule has 0 saturated heterocycles. The Labute approximate surface area is 150 Å². The van der Waals surface area contributed by atoms with Crippen LogP contribution in [0, 0.1) is 6.92 Å². The molecule has 134 valence electrons. The molecular formula is C20H20N2O4. The van der Waals surface area contributed by atoms with Crippen molar-refractivity contribution in [2.24, 2.45) is 0 Å². The lowest BCUT2D eigenvalue weighted by molar-refractivity contribution is -0.115. The number of Topliss-reactive ketones (excluding diaryl/α,β-unsaturated/α-hetero) is 1. The van der Waals surface area contributed by atoms with Gasteiger partial charge in [-0.3, -0.25) is 14.4 Å². The molecule has 3 rings (SSSR count). The molecule has 0 radical (unpaired) electrons. The lowest BCUT2D eigenvalue weighted by Crippen LogP contribution is -2.21. The van der Waals surface area contributed by atoms with Crippen LogP contribution in [-0.2, 0) is 17.8 Å². The predicted molar refractivity (Wildman–Crippen MR) is 99.7 cm³/mol. The SMILES string of the molecule is CCn1ccc(=O)c(NC(=O)Cc2c(C(C)=O)oc3cc(C)ccc23)c1. The highest BCUT2D eigenvalue weighted by atomic mass is 16.3. The number of amides is 1. The second-order valence-electron chi connectivity index (χ2n) is 6.24. The van der Waals surface area contributed by atoms with Crippen LogP contribution in [0.1, 0.15) is 35.5 Å². The number of hydrogen-bond acceptors (Lipinski definition) is 4. The quantitative estimate of drug-likeness (QED) is 0.714. The molecule has 0 fully saturated rings. The van der Waals surface area contributed by atoms with Gasteiger partial charge in [0.25, 0.3) is 0 Å². The Kier molecular flexibility index (Phi) is 4.75. The van der Waals surface area contributed by atoms with Gasteiger partial charge in [0, 0.05) is 42.9 Å². The summed E-state index contributed by atoms with van der Waals surface area (Å²) < 4.78 is 7.46. The summed E-state index contributed by atoms with van der Waals surface area (Å²) in [5.41, 5.74) is 2.07. The maximum absolute atomic E-state index is 12.5. The van der Waals surface area contributed by atoms with Crippen molar-refractivity contribution in [1.29, 1.82) is 0 Å². The lowest BCUT2D eigenvalue weighted by Gasteiger charge is -2.08. The van der Waals surface area contributed by atoms with Crippen molar-refractivity contribution in [1.82, 2.24) is 4.57 Å². The van der Waals surface area contributed by atoms with Gasteiger partial charge in [-0.25, -0.2) is 0 Å². The third-order valence-corrected chi connectivity index (χ3v) is 4.22. The first-order valence-electron chi connectivity index (χ1n) is 8.42. The Balaban J connectivity index is 1.93. The van der Waals surface area contributed by atoms with Gasteiger partial charge in [-0.15, -0.1) is 0 Å². The number of hydrogen-bond donors (Lipinski definition) is 1. The number of furan rings is 1. The minimum Gasteiger partial charge on any atom is -0.453 e. The Morgan fingerprint density at radius 3 is 2.69 bits per heavy atom. The highest BCUT2D eigenvalue weighted by Crippen LogP contribution is 2.28. The van der Waals surface area contributed by atoms with Gasteiger partial charge in [-0.2, -0.15) is 0 Å². The molecule has 0 aliphatic rings. The molecule has 0 atom stereocenters. The van der Waals surface area contributed by atoms with E-state index < -0.39 is 0 Å². The van der Waals surface area contributed by atoms with Gasteiger partial charge >= 0.3 is 0 Å². The van der Waals surface area contributed by atoms with Crippen LogP contribution in [0.5, 0.6) is 0 Å². The molecule has 1 aromatic carbocycles. The Morgan fingerprint density at radius 2 is 2.00 bits per heavy atom. The van der Waals surface area contributed by atoms with Gasteiger partial charge in [-0.1, -0.05) is 12.1 Å². The fraction of sp³-hybridized carbons (Fsp3) is 0.250. The van der Waals surface area contributed by atoms with Crippen LogP contribution in [0.15, 0.2) is 45.9 Å². The third kappa shape index (κ3) is 3.44. The lowest BCUT2D eigenvalue weighted by atomic mass is 10.0. The van der Waals surface area contributed by atoms with Crippen molar-refractivity contribution < 1.29 is 14.0 Å². The van der Waals surface area contributed by atoms with Gasteiger partial charge in [0.2, 0.25) is 11.3 Å². The number of fused-ring (bicyclic) bond motifs is 1. The van der Waals surface area contributed by atoms with Crippen LogP contribution in [0.25, 0.3) is 11.0 Å². The number of ketones is 1. The highest BCUT2D eigenvalue weighted by Gasteiger charge is 2.20. The molecular weight excluding hydrogens is 332 g/mol. The molecule has 26 heavy (non-hydrogen) atoms. The largest absolute Gasteiger partial charge is 0.453 e. The summed E-state index contributed by atoms with van der Waals surface area (Å²) in [5.74, 6) is -0.434. The molecule has 0 saturated carbocycles. The van der Waals surface area contributed by atoms with Crippen molar-refractivity contribution in [2.45, 2.75) is 33.7 Å². The van der Waals surface area contributed by atoms with Gasteiger partial charge < -0.3 is 14.3 Å². The average Bonchev–Trinajstić information content (AvgIpc) is 2.94. The van der Waals surface area contributed by atoms with Gasteiger partial charge in [0.15, 0.2) is 11.5 Å². The van der Waals surface area contributed by atoms with Crippen molar-refractivity contribution in [2.75, 3.05) is 5.32 Å². The van der Waals surface area contributed by atoms with E-state index in [1.165, 1.54) is 13.0 Å². The topological polar surface area (TPSA) is 81.3 Å². The normalized spacial score (nSPS) is 10.9. The van der Waals surface area contributed by atoms with Gasteiger partial charge in [0.05, 0.1) is 6.42 Å². The molecule has 0 bridgehead atoms. The summed E-state index contributed by atoms with van der Waals surface area (Å²) in [4.78, 5) is 36.4. The van der Waals surface area contributed by atoms with E-state index in [2.05, 4.69) is 5.32 Å². The number of rotatable bonds is 5. The summed E-state index contributed by atoms with van der Waals surface area (Å²) >= 11 is 0. The number of nitrogens with zero attached hydrogens (tertiary/aromatic N) is 1. The number of aromatic nitrogens is 1. The van der Waals surface area contributed by atoms with E-state index in [1.807, 2.05) is 32.0 Å². The summed E-state index contributed by atoms with van der Waals surface area (Å²) in [7, 11) is 0. The number of anilines is 1. The molecule has 0 aliphatic carbocycles. The maximum atomic E-state index is 12.5. The van der Waals surface area contributed by atoms with Crippen molar-refractivity contribution in [3.63, 3.8) is 0 Å². The Morgan fingerprint density at radius 1 is 1.23 bits per heavy atom. The van der Waals surface area contributed by atoms with E-state index in [4.69, 9.17) is 4.42 Å². The number of carbonyl (C=O) groups excluding carboxylic acids is 2. The molecule has 1 amide bonds. The van der Waals surface area contributed by atoms with E-state index >= 15 is 0 Å². The highest BCUT2D eigenvalue weighted by molar-refractivity contribution is 6.03. The summed E-state index contributed by atoms with van der Waals surface area (Å²) in [6.07, 6.45) is 3.21. The molecule has 0 unspecified atom stereocenters. The fourth-order valence-corrected chi connectivity index (χ4v) is 2.89. The van der Waals surface area contributed by atoms with Crippen molar-refractivity contribution in [3.8, 4) is 0 Å². The third-order valence-electron chi connectivity index (χ3n) is 4.22. The maximum Gasteiger partial charge on any atom is 0.229 e. The molecule has 2 heterocycles. The average molecular weight is 352 g/mol. The molecule has 6 heteroatoms. The first-order chi connectivity index (χ1) is 12.4. The Hall–Kier alpha value is -3.15. The zero-order valence-corrected chi connectivity index (χ0v) is 15.0. The molecule has 0 spiro atoms. The number of benzene rings is 1. The van der Waals surface area contributed by atoms with E-state index in [-0.39, 0.29) is 35.0 Å². The van der Waals surface area contributed by atoms with Crippen molar-refractivity contribution in [3.05, 3.63) is 63.8 Å². The molecule has 0 aliphatic heterocycles. The Bertz CT molecular complexity index is 1060. The van der Waals surface area contributed by atoms with Crippen LogP contribution in [-0.4, -0.2) is 16.3 Å². The van der Waals surface area contributed by atoms with Gasteiger partial charge in [0.1, 0.15) is 11.3 Å². The zero-order valence-electron chi connectivity index (χ0n) is 15.0. The summed E-state index contributed by atoms with van der Waals surface area (Å²) in [6.45, 7) is 5.96. The first-order valence-corrected chi connectivity index (χ1v) is 8.42. The monoisotopic (exact) mass is 352 g/mol. The number of nitrogens with one attached hydrogen (secondary N) is 1. The van der Waals surface area contributed by atoms with Crippen LogP contribution in [0.3, 0.4) is 0 Å².